The van der Waals surface area contributed by atoms with Crippen molar-refractivity contribution in [1.29, 1.82) is 0 Å². The quantitative estimate of drug-likeness (QED) is 0.666. The normalized spacial score (nSPS) is 23.7. The number of rotatable bonds is 4. The van der Waals surface area contributed by atoms with Crippen molar-refractivity contribution in [3.63, 3.8) is 0 Å². The molecule has 104 valence electrons. The summed E-state index contributed by atoms with van der Waals surface area (Å²) in [5, 5.41) is 10.9. The van der Waals surface area contributed by atoms with Gasteiger partial charge in [0, 0.05) is 24.7 Å². The first-order chi connectivity index (χ1) is 8.93. The molecule has 0 aromatic heterocycles. The van der Waals surface area contributed by atoms with E-state index in [2.05, 4.69) is 11.8 Å². The zero-order chi connectivity index (χ0) is 14.0. The molecule has 1 aromatic rings. The second kappa shape index (κ2) is 5.27. The fraction of sp³-hybridized carbons (Fsp3) is 0.571. The maximum Gasteiger partial charge on any atom is 0.272 e. The molecule has 19 heavy (non-hydrogen) atoms. The minimum absolute atomic E-state index is 0.191. The second-order valence-corrected chi connectivity index (χ2v) is 5.85. The number of nitrogens with two attached hydrogens (primary N) is 1. The standard InChI is InChI=1S/C14H21N3O2/c1-11-3-4-12(7-13(11)17(18)19)8-16-6-5-14(2,9-15)10-16/h3-4,7H,5-6,8-10,15H2,1-2H3. The molecule has 0 radical (unpaired) electrons. The van der Waals surface area contributed by atoms with Crippen LogP contribution < -0.4 is 5.73 Å². The van der Waals surface area contributed by atoms with Crippen molar-refractivity contribution < 1.29 is 4.92 Å². The van der Waals surface area contributed by atoms with Crippen LogP contribution in [0.15, 0.2) is 18.2 Å². The van der Waals surface area contributed by atoms with Gasteiger partial charge in [-0.05, 0) is 37.4 Å². The number of hydrogen-bond donors (Lipinski definition) is 1. The molecular weight excluding hydrogens is 242 g/mol. The van der Waals surface area contributed by atoms with Crippen molar-refractivity contribution in [3.8, 4) is 0 Å². The largest absolute Gasteiger partial charge is 0.330 e. The Kier molecular flexibility index (Phi) is 3.87. The molecule has 2 N–H and O–H groups in total. The van der Waals surface area contributed by atoms with E-state index < -0.39 is 0 Å². The number of nitro groups is 1. The summed E-state index contributed by atoms with van der Waals surface area (Å²) in [6.07, 6.45) is 1.09. The molecule has 2 rings (SSSR count). The number of nitro benzene ring substituents is 1. The van der Waals surface area contributed by atoms with Gasteiger partial charge in [-0.3, -0.25) is 15.0 Å². The molecule has 5 nitrogen and oxygen atoms in total. The molecule has 1 heterocycles. The third kappa shape index (κ3) is 3.11. The molecule has 1 aromatic carbocycles. The van der Waals surface area contributed by atoms with Gasteiger partial charge in [0.2, 0.25) is 0 Å². The minimum Gasteiger partial charge on any atom is -0.330 e. The maximum atomic E-state index is 10.9. The van der Waals surface area contributed by atoms with Crippen LogP contribution in [-0.2, 0) is 6.54 Å². The molecule has 0 aliphatic carbocycles. The van der Waals surface area contributed by atoms with E-state index in [-0.39, 0.29) is 16.0 Å². The van der Waals surface area contributed by atoms with Gasteiger partial charge in [0.15, 0.2) is 0 Å². The topological polar surface area (TPSA) is 72.4 Å². The molecule has 1 unspecified atom stereocenters. The molecule has 0 spiro atoms. The van der Waals surface area contributed by atoms with Crippen LogP contribution in [0.3, 0.4) is 0 Å². The molecule has 1 fully saturated rings. The second-order valence-electron chi connectivity index (χ2n) is 5.85. The van der Waals surface area contributed by atoms with E-state index in [0.717, 1.165) is 31.6 Å². The molecule has 0 amide bonds. The Balaban J connectivity index is 2.09. The molecule has 0 saturated carbocycles. The minimum atomic E-state index is -0.313. The van der Waals surface area contributed by atoms with E-state index in [4.69, 9.17) is 5.73 Å². The van der Waals surface area contributed by atoms with Crippen LogP contribution in [0.1, 0.15) is 24.5 Å². The zero-order valence-corrected chi connectivity index (χ0v) is 11.6. The SMILES string of the molecule is Cc1ccc(CN2CCC(C)(CN)C2)cc1[N+](=O)[O-]. The average molecular weight is 263 g/mol. The Hall–Kier alpha value is -1.46. The molecular formula is C14H21N3O2. The number of hydrogen-bond acceptors (Lipinski definition) is 4. The zero-order valence-electron chi connectivity index (χ0n) is 11.6. The van der Waals surface area contributed by atoms with E-state index in [1.807, 2.05) is 12.1 Å². The summed E-state index contributed by atoms with van der Waals surface area (Å²) in [6, 6.07) is 5.49. The number of aryl methyl sites for hydroxylation is 1. The van der Waals surface area contributed by atoms with Gasteiger partial charge >= 0.3 is 0 Å². The van der Waals surface area contributed by atoms with Crippen LogP contribution >= 0.6 is 0 Å². The van der Waals surface area contributed by atoms with Crippen molar-refractivity contribution in [1.82, 2.24) is 4.90 Å². The van der Waals surface area contributed by atoms with Gasteiger partial charge in [0.25, 0.3) is 5.69 Å². The molecule has 5 heteroatoms. The molecule has 0 bridgehead atoms. The smallest absolute Gasteiger partial charge is 0.272 e. The van der Waals surface area contributed by atoms with E-state index in [9.17, 15) is 10.1 Å². The molecule has 1 atom stereocenters. The van der Waals surface area contributed by atoms with E-state index in [1.165, 1.54) is 0 Å². The lowest BCUT2D eigenvalue weighted by molar-refractivity contribution is -0.385. The lowest BCUT2D eigenvalue weighted by atomic mass is 9.90. The van der Waals surface area contributed by atoms with Crippen LogP contribution in [0.2, 0.25) is 0 Å². The number of benzene rings is 1. The van der Waals surface area contributed by atoms with Crippen LogP contribution in [0.5, 0.6) is 0 Å². The lowest BCUT2D eigenvalue weighted by Gasteiger charge is -2.22. The Morgan fingerprint density at radius 1 is 1.53 bits per heavy atom. The Bertz CT molecular complexity index is 490. The highest BCUT2D eigenvalue weighted by atomic mass is 16.6. The molecule has 1 aliphatic heterocycles. The van der Waals surface area contributed by atoms with E-state index in [1.54, 1.807) is 13.0 Å². The summed E-state index contributed by atoms with van der Waals surface area (Å²) in [4.78, 5) is 12.9. The van der Waals surface area contributed by atoms with Crippen molar-refractivity contribution in [2.24, 2.45) is 11.1 Å². The average Bonchev–Trinajstić information content (AvgIpc) is 2.74. The molecule has 1 saturated heterocycles. The van der Waals surface area contributed by atoms with Gasteiger partial charge in [-0.25, -0.2) is 0 Å². The predicted molar refractivity (Wildman–Crippen MR) is 74.9 cm³/mol. The van der Waals surface area contributed by atoms with Crippen LogP contribution in [0, 0.1) is 22.5 Å². The fourth-order valence-corrected chi connectivity index (χ4v) is 2.64. The summed E-state index contributed by atoms with van der Waals surface area (Å²) < 4.78 is 0. The van der Waals surface area contributed by atoms with Crippen LogP contribution in [0.25, 0.3) is 0 Å². The monoisotopic (exact) mass is 263 g/mol. The van der Waals surface area contributed by atoms with Gasteiger partial charge < -0.3 is 5.73 Å². The van der Waals surface area contributed by atoms with Crippen LogP contribution in [0.4, 0.5) is 5.69 Å². The summed E-state index contributed by atoms with van der Waals surface area (Å²) >= 11 is 0. The predicted octanol–water partition coefficient (Wildman–Crippen LogP) is 2.07. The highest BCUT2D eigenvalue weighted by Crippen LogP contribution is 2.30. The van der Waals surface area contributed by atoms with Crippen LogP contribution in [-0.4, -0.2) is 29.5 Å². The maximum absolute atomic E-state index is 10.9. The highest BCUT2D eigenvalue weighted by molar-refractivity contribution is 5.42. The van der Waals surface area contributed by atoms with Gasteiger partial charge in [-0.15, -0.1) is 0 Å². The summed E-state index contributed by atoms with van der Waals surface area (Å²) in [5.74, 6) is 0. The van der Waals surface area contributed by atoms with E-state index >= 15 is 0 Å². The summed E-state index contributed by atoms with van der Waals surface area (Å²) in [6.45, 7) is 7.39. The third-order valence-corrected chi connectivity index (χ3v) is 4.01. The third-order valence-electron chi connectivity index (χ3n) is 4.01. The Morgan fingerprint density at radius 2 is 2.26 bits per heavy atom. The summed E-state index contributed by atoms with van der Waals surface area (Å²) in [5.41, 5.74) is 7.90. The van der Waals surface area contributed by atoms with Gasteiger partial charge in [0.05, 0.1) is 4.92 Å². The van der Waals surface area contributed by atoms with E-state index in [0.29, 0.717) is 12.1 Å². The van der Waals surface area contributed by atoms with Gasteiger partial charge in [0.1, 0.15) is 0 Å². The Morgan fingerprint density at radius 3 is 2.84 bits per heavy atom. The first-order valence-corrected chi connectivity index (χ1v) is 6.60. The van der Waals surface area contributed by atoms with Crippen molar-refractivity contribution >= 4 is 5.69 Å². The number of nitrogens with zero attached hydrogens (tertiary/aromatic N) is 2. The van der Waals surface area contributed by atoms with Gasteiger partial charge in [-0.1, -0.05) is 19.1 Å². The lowest BCUT2D eigenvalue weighted by Crippen LogP contribution is -2.31. The highest BCUT2D eigenvalue weighted by Gasteiger charge is 2.32. The van der Waals surface area contributed by atoms with Crippen molar-refractivity contribution in [3.05, 3.63) is 39.4 Å². The van der Waals surface area contributed by atoms with Gasteiger partial charge in [-0.2, -0.15) is 0 Å². The van der Waals surface area contributed by atoms with Crippen molar-refractivity contribution in [2.45, 2.75) is 26.8 Å². The first kappa shape index (κ1) is 14.0. The fourth-order valence-electron chi connectivity index (χ4n) is 2.64. The first-order valence-electron chi connectivity index (χ1n) is 6.60. The number of likely N-dealkylation sites (tertiary alicyclic amines) is 1. The summed E-state index contributed by atoms with van der Waals surface area (Å²) in [7, 11) is 0. The Labute approximate surface area is 113 Å². The molecule has 1 aliphatic rings. The van der Waals surface area contributed by atoms with Crippen molar-refractivity contribution in [2.75, 3.05) is 19.6 Å².